The van der Waals surface area contributed by atoms with Crippen LogP contribution in [0.4, 0.5) is 5.69 Å². The maximum absolute atomic E-state index is 11.9. The minimum Gasteiger partial charge on any atom is -0.544 e. The van der Waals surface area contributed by atoms with Crippen LogP contribution in [-0.4, -0.2) is 52.2 Å². The number of likely N-dealkylation sites (N-methyl/N-ethyl adjacent to an activating group) is 1. The number of amides is 1. The average Bonchev–Trinajstić information content (AvgIpc) is 2.46. The SMILES string of the molecule is COc1ccc(NC(=O)C[C@H]([NH2+]CC[NH+](C)C)C(=O)[O-])cc1. The van der Waals surface area contributed by atoms with Crippen LogP contribution in [-0.2, 0) is 9.59 Å². The Morgan fingerprint density at radius 3 is 2.45 bits per heavy atom. The number of quaternary nitrogens is 2. The van der Waals surface area contributed by atoms with Crippen molar-refractivity contribution in [2.45, 2.75) is 12.5 Å². The van der Waals surface area contributed by atoms with Crippen molar-refractivity contribution >= 4 is 17.6 Å². The summed E-state index contributed by atoms with van der Waals surface area (Å²) in [6.45, 7) is 1.43. The summed E-state index contributed by atoms with van der Waals surface area (Å²) in [4.78, 5) is 24.2. The maximum Gasteiger partial charge on any atom is 0.230 e. The molecule has 0 radical (unpaired) electrons. The minimum absolute atomic E-state index is 0.128. The number of carbonyl (C=O) groups excluding carboxylic acids is 2. The van der Waals surface area contributed by atoms with Crippen molar-refractivity contribution in [3.8, 4) is 5.75 Å². The molecule has 0 aliphatic heterocycles. The van der Waals surface area contributed by atoms with Crippen molar-refractivity contribution in [3.05, 3.63) is 24.3 Å². The summed E-state index contributed by atoms with van der Waals surface area (Å²) in [6, 6.07) is 5.96. The highest BCUT2D eigenvalue weighted by Gasteiger charge is 2.18. The quantitative estimate of drug-likeness (QED) is 0.448. The molecule has 1 aromatic rings. The molecule has 0 aliphatic carbocycles. The zero-order chi connectivity index (χ0) is 16.5. The van der Waals surface area contributed by atoms with Crippen molar-refractivity contribution in [3.63, 3.8) is 0 Å². The molecule has 0 bridgehead atoms. The van der Waals surface area contributed by atoms with Crippen LogP contribution in [0.25, 0.3) is 0 Å². The van der Waals surface area contributed by atoms with E-state index in [4.69, 9.17) is 4.74 Å². The molecule has 0 unspecified atom stereocenters. The number of ether oxygens (including phenoxy) is 1. The highest BCUT2D eigenvalue weighted by molar-refractivity contribution is 5.93. The fourth-order valence-electron chi connectivity index (χ4n) is 1.92. The second-order valence-electron chi connectivity index (χ2n) is 5.39. The van der Waals surface area contributed by atoms with E-state index in [-0.39, 0.29) is 12.3 Å². The molecule has 4 N–H and O–H groups in total. The molecular weight excluding hydrogens is 286 g/mol. The molecule has 7 heteroatoms. The Morgan fingerprint density at radius 1 is 1.32 bits per heavy atom. The number of methoxy groups -OCH3 is 1. The third-order valence-corrected chi connectivity index (χ3v) is 3.18. The Kier molecular flexibility index (Phi) is 7.34. The number of aliphatic carboxylic acids is 1. The van der Waals surface area contributed by atoms with Gasteiger partial charge in [0.2, 0.25) is 5.91 Å². The fraction of sp³-hybridized carbons (Fsp3) is 0.467. The van der Waals surface area contributed by atoms with Crippen LogP contribution in [0.3, 0.4) is 0 Å². The molecular formula is C15H24N3O4+. The molecule has 1 atom stereocenters. The Morgan fingerprint density at radius 2 is 1.95 bits per heavy atom. The number of anilines is 1. The van der Waals surface area contributed by atoms with E-state index in [2.05, 4.69) is 5.32 Å². The van der Waals surface area contributed by atoms with Gasteiger partial charge in [-0.2, -0.15) is 0 Å². The first-order chi connectivity index (χ1) is 10.4. The third kappa shape index (κ3) is 6.55. The Balaban J connectivity index is 2.49. The van der Waals surface area contributed by atoms with Crippen molar-refractivity contribution in [2.75, 3.05) is 39.6 Å². The molecule has 0 aliphatic rings. The predicted molar refractivity (Wildman–Crippen MR) is 79.5 cm³/mol. The highest BCUT2D eigenvalue weighted by atomic mass is 16.5. The molecule has 0 fully saturated rings. The van der Waals surface area contributed by atoms with E-state index < -0.39 is 12.0 Å². The molecule has 1 aromatic carbocycles. The van der Waals surface area contributed by atoms with Gasteiger partial charge in [-0.1, -0.05) is 0 Å². The second-order valence-corrected chi connectivity index (χ2v) is 5.39. The monoisotopic (exact) mass is 310 g/mol. The Bertz CT molecular complexity index is 488. The number of carboxylic acids is 1. The molecule has 122 valence electrons. The Hall–Kier alpha value is -2.12. The Labute approximate surface area is 130 Å². The van der Waals surface area contributed by atoms with Crippen molar-refractivity contribution in [1.29, 1.82) is 0 Å². The molecule has 0 spiro atoms. The van der Waals surface area contributed by atoms with Gasteiger partial charge in [0, 0.05) is 5.69 Å². The van der Waals surface area contributed by atoms with Crippen LogP contribution in [0, 0.1) is 0 Å². The van der Waals surface area contributed by atoms with Crippen LogP contribution in [0.15, 0.2) is 24.3 Å². The molecule has 0 saturated carbocycles. The topological polar surface area (TPSA) is 99.5 Å². The summed E-state index contributed by atoms with van der Waals surface area (Å²) in [5.41, 5.74) is 0.598. The van der Waals surface area contributed by atoms with E-state index in [1.807, 2.05) is 14.1 Å². The van der Waals surface area contributed by atoms with Gasteiger partial charge in [-0.05, 0) is 24.3 Å². The van der Waals surface area contributed by atoms with E-state index >= 15 is 0 Å². The third-order valence-electron chi connectivity index (χ3n) is 3.18. The summed E-state index contributed by atoms with van der Waals surface area (Å²) >= 11 is 0. The molecule has 7 nitrogen and oxygen atoms in total. The molecule has 1 rings (SSSR count). The van der Waals surface area contributed by atoms with Gasteiger partial charge in [0.25, 0.3) is 0 Å². The van der Waals surface area contributed by atoms with Gasteiger partial charge in [-0.15, -0.1) is 0 Å². The van der Waals surface area contributed by atoms with E-state index in [0.717, 1.165) is 6.54 Å². The van der Waals surface area contributed by atoms with Gasteiger partial charge in [-0.25, -0.2) is 0 Å². The number of hydrogen-bond acceptors (Lipinski definition) is 4. The fourth-order valence-corrected chi connectivity index (χ4v) is 1.92. The van der Waals surface area contributed by atoms with Crippen molar-refractivity contribution in [1.82, 2.24) is 0 Å². The number of benzene rings is 1. The lowest BCUT2D eigenvalue weighted by Crippen LogP contribution is -3.10. The van der Waals surface area contributed by atoms with Crippen LogP contribution < -0.4 is 25.4 Å². The van der Waals surface area contributed by atoms with E-state index in [1.54, 1.807) is 36.7 Å². The van der Waals surface area contributed by atoms with E-state index in [1.165, 1.54) is 4.90 Å². The second kappa shape index (κ2) is 9.01. The van der Waals surface area contributed by atoms with Crippen LogP contribution in [0.1, 0.15) is 6.42 Å². The molecule has 22 heavy (non-hydrogen) atoms. The van der Waals surface area contributed by atoms with Gasteiger partial charge >= 0.3 is 0 Å². The molecule has 0 saturated heterocycles. The number of hydrogen-bond donors (Lipinski definition) is 3. The minimum atomic E-state index is -1.22. The normalized spacial score (nSPS) is 12.0. The summed E-state index contributed by atoms with van der Waals surface area (Å²) in [5.74, 6) is -0.892. The number of rotatable bonds is 9. The van der Waals surface area contributed by atoms with Crippen molar-refractivity contribution < 1.29 is 29.6 Å². The first kappa shape index (κ1) is 17.9. The van der Waals surface area contributed by atoms with Gasteiger partial charge in [0.1, 0.15) is 24.9 Å². The standard InChI is InChI=1S/C15H23N3O4/c1-18(2)9-8-16-13(15(20)21)10-14(19)17-11-4-6-12(22-3)7-5-11/h4-7,13,16H,8-10H2,1-3H3,(H,17,19)(H,20,21)/p+1/t13-/m0/s1. The lowest BCUT2D eigenvalue weighted by Gasteiger charge is -2.17. The summed E-state index contributed by atoms with van der Waals surface area (Å²) in [5, 5.41) is 15.4. The zero-order valence-corrected chi connectivity index (χ0v) is 13.2. The number of nitrogens with one attached hydrogen (secondary N) is 2. The predicted octanol–water partition coefficient (Wildman–Crippen LogP) is -3.15. The van der Waals surface area contributed by atoms with Crippen LogP contribution in [0.5, 0.6) is 5.75 Å². The van der Waals surface area contributed by atoms with Crippen molar-refractivity contribution in [2.24, 2.45) is 0 Å². The maximum atomic E-state index is 11.9. The number of carboxylic acid groups (broad SMARTS) is 1. The lowest BCUT2D eigenvalue weighted by atomic mass is 10.2. The zero-order valence-electron chi connectivity index (χ0n) is 13.2. The first-order valence-electron chi connectivity index (χ1n) is 7.19. The summed E-state index contributed by atoms with van der Waals surface area (Å²) in [6.07, 6.45) is -0.128. The summed E-state index contributed by atoms with van der Waals surface area (Å²) in [7, 11) is 5.53. The number of nitrogens with two attached hydrogens (primary N) is 1. The smallest absolute Gasteiger partial charge is 0.230 e. The average molecular weight is 310 g/mol. The molecule has 1 amide bonds. The van der Waals surface area contributed by atoms with E-state index in [9.17, 15) is 14.7 Å². The van der Waals surface area contributed by atoms with Gasteiger partial charge in [0.15, 0.2) is 0 Å². The largest absolute Gasteiger partial charge is 0.544 e. The first-order valence-corrected chi connectivity index (χ1v) is 7.19. The summed E-state index contributed by atoms with van der Waals surface area (Å²) < 4.78 is 5.03. The molecule has 0 aromatic heterocycles. The number of carbonyl (C=O) groups is 2. The lowest BCUT2D eigenvalue weighted by molar-refractivity contribution is -0.876. The van der Waals surface area contributed by atoms with Gasteiger partial charge < -0.3 is 30.2 Å². The van der Waals surface area contributed by atoms with Crippen LogP contribution in [0.2, 0.25) is 0 Å². The highest BCUT2D eigenvalue weighted by Crippen LogP contribution is 2.15. The van der Waals surface area contributed by atoms with Gasteiger partial charge in [-0.3, -0.25) is 4.79 Å². The van der Waals surface area contributed by atoms with Crippen LogP contribution >= 0.6 is 0 Å². The van der Waals surface area contributed by atoms with Gasteiger partial charge in [0.05, 0.1) is 33.6 Å². The van der Waals surface area contributed by atoms with E-state index in [0.29, 0.717) is 18.0 Å². The molecule has 0 heterocycles.